The molecule has 0 bridgehead atoms. The minimum Gasteiger partial charge on any atom is -0.507 e. The molecule has 0 saturated heterocycles. The number of phenolic OH excluding ortho intramolecular Hbond substituents is 1. The first-order valence-corrected chi connectivity index (χ1v) is 4.02. The van der Waals surface area contributed by atoms with Crippen LogP contribution in [-0.2, 0) is 12.7 Å². The standard InChI is InChI=1S/C8H7ClF3NO/c9-5-1-4(3-13)7(14)6(2-5)8(10,11)12/h1-2,14H,3,13H2. The van der Waals surface area contributed by atoms with E-state index >= 15 is 0 Å². The molecule has 0 fully saturated rings. The fraction of sp³-hybridized carbons (Fsp3) is 0.250. The fourth-order valence-corrected chi connectivity index (χ4v) is 1.27. The summed E-state index contributed by atoms with van der Waals surface area (Å²) in [5.41, 5.74) is 3.96. The van der Waals surface area contributed by atoms with E-state index in [1.807, 2.05) is 0 Å². The van der Waals surface area contributed by atoms with Crippen LogP contribution in [0, 0.1) is 0 Å². The lowest BCUT2D eigenvalue weighted by atomic mass is 10.1. The number of aromatic hydroxyl groups is 1. The number of benzene rings is 1. The van der Waals surface area contributed by atoms with Crippen molar-refractivity contribution in [2.24, 2.45) is 5.73 Å². The van der Waals surface area contributed by atoms with Crippen LogP contribution in [0.3, 0.4) is 0 Å². The Morgan fingerprint density at radius 3 is 2.36 bits per heavy atom. The SMILES string of the molecule is NCc1cc(Cl)cc(C(F)(F)F)c1O. The lowest BCUT2D eigenvalue weighted by molar-refractivity contribution is -0.138. The van der Waals surface area contributed by atoms with Crippen LogP contribution in [0.4, 0.5) is 13.2 Å². The third-order valence-electron chi connectivity index (χ3n) is 1.68. The van der Waals surface area contributed by atoms with Gasteiger partial charge in [-0.05, 0) is 12.1 Å². The average Bonchev–Trinajstić information content (AvgIpc) is 2.06. The predicted octanol–water partition coefficient (Wildman–Crippen LogP) is 2.52. The summed E-state index contributed by atoms with van der Waals surface area (Å²) in [5.74, 6) is -0.857. The van der Waals surface area contributed by atoms with Crippen LogP contribution in [-0.4, -0.2) is 5.11 Å². The molecule has 6 heteroatoms. The van der Waals surface area contributed by atoms with Crippen LogP contribution < -0.4 is 5.73 Å². The van der Waals surface area contributed by atoms with Crippen LogP contribution in [0.1, 0.15) is 11.1 Å². The number of alkyl halides is 3. The predicted molar refractivity (Wildman–Crippen MR) is 46.0 cm³/mol. The molecule has 0 aromatic heterocycles. The zero-order chi connectivity index (χ0) is 10.9. The molecule has 0 heterocycles. The molecule has 1 aromatic rings. The lowest BCUT2D eigenvalue weighted by Gasteiger charge is -2.12. The maximum atomic E-state index is 12.3. The van der Waals surface area contributed by atoms with Gasteiger partial charge in [-0.25, -0.2) is 0 Å². The molecule has 0 aliphatic carbocycles. The Morgan fingerprint density at radius 1 is 1.36 bits per heavy atom. The highest BCUT2D eigenvalue weighted by Crippen LogP contribution is 2.39. The molecule has 1 aromatic carbocycles. The van der Waals surface area contributed by atoms with Crippen molar-refractivity contribution in [3.8, 4) is 5.75 Å². The summed E-state index contributed by atoms with van der Waals surface area (Å²) in [5, 5.41) is 9.09. The first-order valence-electron chi connectivity index (χ1n) is 3.65. The highest BCUT2D eigenvalue weighted by molar-refractivity contribution is 6.30. The molecule has 0 aliphatic heterocycles. The van der Waals surface area contributed by atoms with Crippen molar-refractivity contribution in [2.75, 3.05) is 0 Å². The quantitative estimate of drug-likeness (QED) is 0.772. The Bertz CT molecular complexity index is 351. The van der Waals surface area contributed by atoms with E-state index in [0.717, 1.165) is 0 Å². The number of phenols is 1. The molecule has 0 spiro atoms. The van der Waals surface area contributed by atoms with Crippen molar-refractivity contribution in [1.29, 1.82) is 0 Å². The molecule has 0 amide bonds. The Balaban J connectivity index is 3.37. The molecule has 0 radical (unpaired) electrons. The molecule has 3 N–H and O–H groups in total. The Morgan fingerprint density at radius 2 is 1.93 bits per heavy atom. The van der Waals surface area contributed by atoms with Crippen molar-refractivity contribution >= 4 is 11.6 Å². The van der Waals surface area contributed by atoms with Crippen LogP contribution in [0.5, 0.6) is 5.75 Å². The van der Waals surface area contributed by atoms with Crippen LogP contribution in [0.2, 0.25) is 5.02 Å². The summed E-state index contributed by atoms with van der Waals surface area (Å²) in [6.07, 6.45) is -4.63. The van der Waals surface area contributed by atoms with Crippen molar-refractivity contribution in [2.45, 2.75) is 12.7 Å². The summed E-state index contributed by atoms with van der Waals surface area (Å²) in [6, 6.07) is 1.86. The first kappa shape index (κ1) is 11.1. The molecular formula is C8H7ClF3NO. The third-order valence-corrected chi connectivity index (χ3v) is 1.90. The van der Waals surface area contributed by atoms with Crippen molar-refractivity contribution in [3.63, 3.8) is 0 Å². The molecule has 0 saturated carbocycles. The maximum absolute atomic E-state index is 12.3. The largest absolute Gasteiger partial charge is 0.507 e. The van der Waals surface area contributed by atoms with Gasteiger partial charge in [0.05, 0.1) is 5.56 Å². The topological polar surface area (TPSA) is 46.2 Å². The third kappa shape index (κ3) is 2.10. The summed E-state index contributed by atoms with van der Waals surface area (Å²) >= 11 is 5.44. The van der Waals surface area contributed by atoms with Crippen molar-refractivity contribution < 1.29 is 18.3 Å². The van der Waals surface area contributed by atoms with Gasteiger partial charge >= 0.3 is 6.18 Å². The molecule has 78 valence electrons. The van der Waals surface area contributed by atoms with Crippen LogP contribution in [0.15, 0.2) is 12.1 Å². The maximum Gasteiger partial charge on any atom is 0.420 e. The van der Waals surface area contributed by atoms with E-state index in [0.29, 0.717) is 6.07 Å². The molecule has 2 nitrogen and oxygen atoms in total. The van der Waals surface area contributed by atoms with Gasteiger partial charge < -0.3 is 10.8 Å². The van der Waals surface area contributed by atoms with E-state index in [4.69, 9.17) is 17.3 Å². The van der Waals surface area contributed by atoms with E-state index in [2.05, 4.69) is 0 Å². The number of hydrogen-bond donors (Lipinski definition) is 2. The van der Waals surface area contributed by atoms with Gasteiger partial charge in [0.2, 0.25) is 0 Å². The summed E-state index contributed by atoms with van der Waals surface area (Å²) < 4.78 is 36.9. The normalized spacial score (nSPS) is 11.8. The van der Waals surface area contributed by atoms with Gasteiger partial charge in [-0.3, -0.25) is 0 Å². The molecule has 0 aliphatic rings. The summed E-state index contributed by atoms with van der Waals surface area (Å²) in [7, 11) is 0. The highest BCUT2D eigenvalue weighted by atomic mass is 35.5. The molecule has 1 rings (SSSR count). The van der Waals surface area contributed by atoms with E-state index in [1.165, 1.54) is 6.07 Å². The summed E-state index contributed by atoms with van der Waals surface area (Å²) in [4.78, 5) is 0. The minimum atomic E-state index is -4.63. The second kappa shape index (κ2) is 3.67. The van der Waals surface area contributed by atoms with Gasteiger partial charge in [0.25, 0.3) is 0 Å². The van der Waals surface area contributed by atoms with Crippen LogP contribution >= 0.6 is 11.6 Å². The summed E-state index contributed by atoms with van der Waals surface area (Å²) in [6.45, 7) is -0.199. The van der Waals surface area contributed by atoms with E-state index in [-0.39, 0.29) is 17.1 Å². The Hall–Kier alpha value is -0.940. The van der Waals surface area contributed by atoms with Gasteiger partial charge in [0.1, 0.15) is 5.75 Å². The lowest BCUT2D eigenvalue weighted by Crippen LogP contribution is -2.08. The van der Waals surface area contributed by atoms with Gasteiger partial charge in [-0.2, -0.15) is 13.2 Å². The smallest absolute Gasteiger partial charge is 0.420 e. The monoisotopic (exact) mass is 225 g/mol. The zero-order valence-corrected chi connectivity index (χ0v) is 7.65. The minimum absolute atomic E-state index is 0.0233. The number of halogens is 4. The van der Waals surface area contributed by atoms with Crippen molar-refractivity contribution in [3.05, 3.63) is 28.3 Å². The van der Waals surface area contributed by atoms with E-state index in [9.17, 15) is 18.3 Å². The molecule has 0 atom stereocenters. The molecule has 0 unspecified atom stereocenters. The van der Waals surface area contributed by atoms with Crippen molar-refractivity contribution in [1.82, 2.24) is 0 Å². The van der Waals surface area contributed by atoms with Gasteiger partial charge in [-0.1, -0.05) is 11.6 Å². The number of rotatable bonds is 1. The fourth-order valence-electron chi connectivity index (χ4n) is 1.03. The van der Waals surface area contributed by atoms with Gasteiger partial charge in [-0.15, -0.1) is 0 Å². The van der Waals surface area contributed by atoms with E-state index in [1.54, 1.807) is 0 Å². The molecular weight excluding hydrogens is 219 g/mol. The molecule has 14 heavy (non-hydrogen) atoms. The second-order valence-corrected chi connectivity index (χ2v) is 3.10. The second-order valence-electron chi connectivity index (χ2n) is 2.66. The van der Waals surface area contributed by atoms with Crippen LogP contribution in [0.25, 0.3) is 0 Å². The van der Waals surface area contributed by atoms with E-state index < -0.39 is 17.5 Å². The Labute approximate surface area is 83.1 Å². The zero-order valence-electron chi connectivity index (χ0n) is 6.90. The average molecular weight is 226 g/mol. The first-order chi connectivity index (χ1) is 6.36. The number of nitrogens with two attached hydrogens (primary N) is 1. The number of hydrogen-bond acceptors (Lipinski definition) is 2. The van der Waals surface area contributed by atoms with Gasteiger partial charge in [0.15, 0.2) is 0 Å². The Kier molecular flexibility index (Phi) is 2.92. The highest BCUT2D eigenvalue weighted by Gasteiger charge is 2.35. The van der Waals surface area contributed by atoms with Gasteiger partial charge in [0, 0.05) is 17.1 Å².